The van der Waals surface area contributed by atoms with Crippen LogP contribution in [-0.2, 0) is 9.53 Å². The smallest absolute Gasteiger partial charge is 0.290 e. The van der Waals surface area contributed by atoms with Gasteiger partial charge in [0.05, 0.1) is 18.2 Å². The lowest BCUT2D eigenvalue weighted by Crippen LogP contribution is -2.34. The number of hydrogen-bond acceptors (Lipinski definition) is 5. The maximum absolute atomic E-state index is 13.3. The van der Waals surface area contributed by atoms with Gasteiger partial charge in [-0.3, -0.25) is 9.59 Å². The van der Waals surface area contributed by atoms with E-state index >= 15 is 0 Å². The molecule has 3 aromatic rings. The fraction of sp³-hybridized carbons (Fsp3) is 0.182. The van der Waals surface area contributed by atoms with Gasteiger partial charge < -0.3 is 19.2 Å². The van der Waals surface area contributed by atoms with E-state index in [4.69, 9.17) is 20.8 Å². The lowest BCUT2D eigenvalue weighted by atomic mass is 9.95. The van der Waals surface area contributed by atoms with Crippen molar-refractivity contribution in [3.63, 3.8) is 0 Å². The van der Waals surface area contributed by atoms with Crippen molar-refractivity contribution in [1.29, 1.82) is 0 Å². The molecule has 0 spiro atoms. The Labute approximate surface area is 171 Å². The predicted octanol–water partition coefficient (Wildman–Crippen LogP) is 4.31. The summed E-state index contributed by atoms with van der Waals surface area (Å²) in [5.74, 6) is -1.71. The third-order valence-corrected chi connectivity index (χ3v) is 5.13. The number of Topliss-reactive ketones (excluding diaryl/α,β-unsaturated/α-hetero) is 1. The molecule has 1 N–H and O–H groups in total. The molecule has 1 amide bonds. The van der Waals surface area contributed by atoms with Crippen molar-refractivity contribution < 1.29 is 23.8 Å². The Balaban J connectivity index is 1.81. The highest BCUT2D eigenvalue weighted by Gasteiger charge is 2.44. The number of rotatable bonds is 6. The van der Waals surface area contributed by atoms with Crippen molar-refractivity contribution in [2.45, 2.75) is 6.04 Å². The molecule has 6 nitrogen and oxygen atoms in total. The van der Waals surface area contributed by atoms with E-state index in [1.807, 2.05) is 12.1 Å². The second kappa shape index (κ2) is 7.73. The molecule has 0 radical (unpaired) electrons. The van der Waals surface area contributed by atoms with E-state index in [0.29, 0.717) is 16.2 Å². The van der Waals surface area contributed by atoms with Gasteiger partial charge in [-0.1, -0.05) is 41.9 Å². The topological polar surface area (TPSA) is 80.0 Å². The van der Waals surface area contributed by atoms with Crippen LogP contribution in [0.25, 0.3) is 11.0 Å². The molecule has 1 aliphatic heterocycles. The first kappa shape index (κ1) is 19.2. The zero-order chi connectivity index (χ0) is 20.5. The minimum absolute atomic E-state index is 0.0348. The van der Waals surface area contributed by atoms with E-state index in [9.17, 15) is 14.7 Å². The van der Waals surface area contributed by atoms with Gasteiger partial charge in [-0.05, 0) is 29.8 Å². The Hall–Kier alpha value is -3.09. The number of nitrogens with zero attached hydrogens (tertiary/aromatic N) is 1. The Kier molecular flexibility index (Phi) is 5.13. The van der Waals surface area contributed by atoms with Crippen LogP contribution >= 0.6 is 11.6 Å². The summed E-state index contributed by atoms with van der Waals surface area (Å²) in [6.45, 7) is 0.454. The van der Waals surface area contributed by atoms with E-state index in [2.05, 4.69) is 0 Å². The zero-order valence-corrected chi connectivity index (χ0v) is 16.3. The van der Waals surface area contributed by atoms with Crippen LogP contribution in [0.4, 0.5) is 0 Å². The van der Waals surface area contributed by atoms with Crippen LogP contribution in [-0.4, -0.2) is 42.0 Å². The summed E-state index contributed by atoms with van der Waals surface area (Å²) < 4.78 is 10.8. The second-order valence-corrected chi connectivity index (χ2v) is 7.13. The molecule has 7 heteroatoms. The Morgan fingerprint density at radius 1 is 1.21 bits per heavy atom. The van der Waals surface area contributed by atoms with E-state index < -0.39 is 23.5 Å². The minimum atomic E-state index is -0.794. The second-order valence-electron chi connectivity index (χ2n) is 6.69. The number of ether oxygens (including phenoxy) is 1. The van der Waals surface area contributed by atoms with Gasteiger partial charge in [0.2, 0.25) is 5.78 Å². The third kappa shape index (κ3) is 3.41. The molecule has 0 saturated heterocycles. The number of ketones is 1. The lowest BCUT2D eigenvalue weighted by Gasteiger charge is -2.26. The first-order valence-corrected chi connectivity index (χ1v) is 9.41. The molecule has 29 heavy (non-hydrogen) atoms. The molecular formula is C22H18ClNO5. The van der Waals surface area contributed by atoms with Crippen LogP contribution in [0.3, 0.4) is 0 Å². The number of fused-ring (bicyclic) bond motifs is 1. The number of amides is 1. The van der Waals surface area contributed by atoms with Gasteiger partial charge in [0, 0.05) is 24.1 Å². The summed E-state index contributed by atoms with van der Waals surface area (Å²) in [7, 11) is 1.52. The number of aliphatic hydroxyl groups is 1. The first-order chi connectivity index (χ1) is 14.0. The quantitative estimate of drug-likeness (QED) is 0.611. The summed E-state index contributed by atoms with van der Waals surface area (Å²) in [6.07, 6.45) is 0. The fourth-order valence-electron chi connectivity index (χ4n) is 3.56. The molecular weight excluding hydrogens is 394 g/mol. The number of aliphatic hydroxyl groups excluding tert-OH is 1. The SMILES string of the molecule is COCCN1C(=O)C(O)=C(C(=O)c2cc3ccccc3o2)C1c1cccc(Cl)c1. The van der Waals surface area contributed by atoms with Crippen molar-refractivity contribution in [3.8, 4) is 0 Å². The number of furan rings is 1. The molecule has 1 aliphatic rings. The summed E-state index contributed by atoms with van der Waals surface area (Å²) in [5, 5.41) is 11.8. The van der Waals surface area contributed by atoms with Gasteiger partial charge in [0.15, 0.2) is 11.5 Å². The van der Waals surface area contributed by atoms with Crippen molar-refractivity contribution in [2.75, 3.05) is 20.3 Å². The summed E-state index contributed by atoms with van der Waals surface area (Å²) >= 11 is 6.14. The molecule has 0 fully saturated rings. The largest absolute Gasteiger partial charge is 0.503 e. The van der Waals surface area contributed by atoms with Crippen LogP contribution in [0.2, 0.25) is 5.02 Å². The predicted molar refractivity (Wildman–Crippen MR) is 108 cm³/mol. The van der Waals surface area contributed by atoms with Gasteiger partial charge >= 0.3 is 0 Å². The van der Waals surface area contributed by atoms with Gasteiger partial charge in [-0.15, -0.1) is 0 Å². The monoisotopic (exact) mass is 411 g/mol. The van der Waals surface area contributed by atoms with Crippen LogP contribution in [0.1, 0.15) is 22.2 Å². The van der Waals surface area contributed by atoms with Crippen LogP contribution < -0.4 is 0 Å². The summed E-state index contributed by atoms with van der Waals surface area (Å²) in [5.41, 5.74) is 1.13. The number of methoxy groups -OCH3 is 1. The van der Waals surface area contributed by atoms with E-state index in [1.54, 1.807) is 42.5 Å². The molecule has 1 unspecified atom stereocenters. The number of carbonyl (C=O) groups is 2. The lowest BCUT2D eigenvalue weighted by molar-refractivity contribution is -0.130. The highest BCUT2D eigenvalue weighted by molar-refractivity contribution is 6.30. The maximum atomic E-state index is 13.3. The highest BCUT2D eigenvalue weighted by atomic mass is 35.5. The number of hydrogen-bond donors (Lipinski definition) is 1. The maximum Gasteiger partial charge on any atom is 0.290 e. The van der Waals surface area contributed by atoms with Gasteiger partial charge in [-0.2, -0.15) is 0 Å². The van der Waals surface area contributed by atoms with Gasteiger partial charge in [0.25, 0.3) is 5.91 Å². The number of para-hydroxylation sites is 1. The van der Waals surface area contributed by atoms with Crippen molar-refractivity contribution in [2.24, 2.45) is 0 Å². The van der Waals surface area contributed by atoms with Crippen molar-refractivity contribution >= 4 is 34.3 Å². The Morgan fingerprint density at radius 3 is 2.72 bits per heavy atom. The molecule has 148 valence electrons. The number of halogens is 1. The van der Waals surface area contributed by atoms with Crippen molar-refractivity contribution in [1.82, 2.24) is 4.90 Å². The average molecular weight is 412 g/mol. The van der Waals surface area contributed by atoms with Crippen LogP contribution in [0.5, 0.6) is 0 Å². The Morgan fingerprint density at radius 2 is 2.00 bits per heavy atom. The number of benzene rings is 2. The standard InChI is InChI=1S/C22H18ClNO5/c1-28-10-9-24-19(14-6-4-7-15(23)11-14)18(21(26)22(24)27)20(25)17-12-13-5-2-3-8-16(13)29-17/h2-8,11-12,19,26H,9-10H2,1H3. The van der Waals surface area contributed by atoms with Crippen LogP contribution in [0.15, 0.2) is 70.3 Å². The van der Waals surface area contributed by atoms with Crippen molar-refractivity contribution in [3.05, 3.63) is 82.3 Å². The molecule has 2 aromatic carbocycles. The minimum Gasteiger partial charge on any atom is -0.503 e. The van der Waals surface area contributed by atoms with E-state index in [1.165, 1.54) is 12.0 Å². The molecule has 4 rings (SSSR count). The van der Waals surface area contributed by atoms with E-state index in [-0.39, 0.29) is 24.5 Å². The molecule has 0 saturated carbocycles. The number of carbonyl (C=O) groups excluding carboxylic acids is 2. The Bertz CT molecular complexity index is 1100. The third-order valence-electron chi connectivity index (χ3n) is 4.90. The van der Waals surface area contributed by atoms with Gasteiger partial charge in [0.1, 0.15) is 5.58 Å². The first-order valence-electron chi connectivity index (χ1n) is 9.03. The normalized spacial score (nSPS) is 16.8. The molecule has 0 bridgehead atoms. The van der Waals surface area contributed by atoms with Gasteiger partial charge in [-0.25, -0.2) is 0 Å². The van der Waals surface area contributed by atoms with Crippen LogP contribution in [0, 0.1) is 0 Å². The van der Waals surface area contributed by atoms with E-state index in [0.717, 1.165) is 5.39 Å². The molecule has 1 atom stereocenters. The fourth-order valence-corrected chi connectivity index (χ4v) is 3.75. The average Bonchev–Trinajstić information content (AvgIpc) is 3.26. The highest BCUT2D eigenvalue weighted by Crippen LogP contribution is 2.40. The molecule has 2 heterocycles. The molecule has 1 aromatic heterocycles. The summed E-state index contributed by atoms with van der Waals surface area (Å²) in [6, 6.07) is 14.9. The zero-order valence-electron chi connectivity index (χ0n) is 15.6. The molecule has 0 aliphatic carbocycles. The summed E-state index contributed by atoms with van der Waals surface area (Å²) in [4.78, 5) is 27.5.